The number of anilines is 1. The van der Waals surface area contributed by atoms with Crippen molar-refractivity contribution in [3.63, 3.8) is 0 Å². The lowest BCUT2D eigenvalue weighted by molar-refractivity contribution is 0.0523. The van der Waals surface area contributed by atoms with E-state index in [0.717, 1.165) is 17.1 Å². The fourth-order valence-electron chi connectivity index (χ4n) is 2.52. The molecule has 132 valence electrons. The second-order valence-corrected chi connectivity index (χ2v) is 5.91. The van der Waals surface area contributed by atoms with Crippen LogP contribution in [0.5, 0.6) is 11.5 Å². The molecule has 7 nitrogen and oxygen atoms in total. The summed E-state index contributed by atoms with van der Waals surface area (Å²) in [4.78, 5) is 20.7. The number of hydrogen-bond donors (Lipinski definition) is 1. The first-order chi connectivity index (χ1) is 12.1. The smallest absolute Gasteiger partial charge is 0.341 e. The topological polar surface area (TPSA) is 82.6 Å². The third kappa shape index (κ3) is 3.81. The first-order valence-electron chi connectivity index (χ1n) is 8.25. The Bertz CT molecular complexity index is 777. The SMILES string of the molecule is CCOC(=O)c1cnc(NCc2ccc3c(c2)OCO3)nc1C(C)C. The number of nitrogens with one attached hydrogen (secondary N) is 1. The second-order valence-electron chi connectivity index (χ2n) is 5.91. The summed E-state index contributed by atoms with van der Waals surface area (Å²) in [6.45, 7) is 6.84. The van der Waals surface area contributed by atoms with E-state index in [1.54, 1.807) is 6.92 Å². The van der Waals surface area contributed by atoms with E-state index >= 15 is 0 Å². The van der Waals surface area contributed by atoms with Gasteiger partial charge in [-0.2, -0.15) is 0 Å². The van der Waals surface area contributed by atoms with Crippen molar-refractivity contribution in [3.8, 4) is 11.5 Å². The van der Waals surface area contributed by atoms with Gasteiger partial charge in [-0.25, -0.2) is 14.8 Å². The maximum Gasteiger partial charge on any atom is 0.341 e. The highest BCUT2D eigenvalue weighted by atomic mass is 16.7. The maximum absolute atomic E-state index is 12.0. The summed E-state index contributed by atoms with van der Waals surface area (Å²) in [5, 5.41) is 3.17. The van der Waals surface area contributed by atoms with Crippen molar-refractivity contribution in [3.05, 3.63) is 41.2 Å². The molecule has 25 heavy (non-hydrogen) atoms. The number of rotatable bonds is 6. The molecule has 1 aliphatic heterocycles. The molecular formula is C18H21N3O4. The van der Waals surface area contributed by atoms with Gasteiger partial charge in [0.25, 0.3) is 0 Å². The Morgan fingerprint density at radius 2 is 2.12 bits per heavy atom. The van der Waals surface area contributed by atoms with Crippen molar-refractivity contribution in [1.82, 2.24) is 9.97 Å². The predicted molar refractivity (Wildman–Crippen MR) is 92.0 cm³/mol. The van der Waals surface area contributed by atoms with Gasteiger partial charge in [-0.15, -0.1) is 0 Å². The van der Waals surface area contributed by atoms with Gasteiger partial charge in [-0.05, 0) is 30.5 Å². The number of fused-ring (bicyclic) bond motifs is 1. The molecule has 3 rings (SSSR count). The molecule has 0 amide bonds. The number of aromatic nitrogens is 2. The van der Waals surface area contributed by atoms with Crippen LogP contribution >= 0.6 is 0 Å². The Labute approximate surface area is 146 Å². The van der Waals surface area contributed by atoms with Gasteiger partial charge in [-0.1, -0.05) is 19.9 Å². The summed E-state index contributed by atoms with van der Waals surface area (Å²) in [5.41, 5.74) is 2.10. The number of carbonyl (C=O) groups excluding carboxylic acids is 1. The third-order valence-corrected chi connectivity index (χ3v) is 3.75. The molecular weight excluding hydrogens is 322 g/mol. The number of nitrogens with zero attached hydrogens (tertiary/aromatic N) is 2. The normalized spacial score (nSPS) is 12.3. The molecule has 2 aromatic rings. The van der Waals surface area contributed by atoms with Crippen LogP contribution in [0.2, 0.25) is 0 Å². The number of esters is 1. The first-order valence-corrected chi connectivity index (χ1v) is 8.25. The Morgan fingerprint density at radius 1 is 1.32 bits per heavy atom. The summed E-state index contributed by atoms with van der Waals surface area (Å²) in [7, 11) is 0. The molecule has 0 fully saturated rings. The Hall–Kier alpha value is -2.83. The molecule has 0 atom stereocenters. The molecule has 0 unspecified atom stereocenters. The van der Waals surface area contributed by atoms with Gasteiger partial charge in [0.05, 0.1) is 17.9 Å². The summed E-state index contributed by atoms with van der Waals surface area (Å²) in [6.07, 6.45) is 1.52. The Kier molecular flexibility index (Phi) is 5.02. The number of ether oxygens (including phenoxy) is 3. The molecule has 0 saturated heterocycles. The van der Waals surface area contributed by atoms with Gasteiger partial charge >= 0.3 is 5.97 Å². The minimum absolute atomic E-state index is 0.0773. The minimum Gasteiger partial charge on any atom is -0.462 e. The lowest BCUT2D eigenvalue weighted by atomic mass is 10.1. The van der Waals surface area contributed by atoms with Crippen LogP contribution in [0.1, 0.15) is 48.3 Å². The van der Waals surface area contributed by atoms with E-state index in [1.807, 2.05) is 32.0 Å². The zero-order valence-electron chi connectivity index (χ0n) is 14.5. The molecule has 0 radical (unpaired) electrons. The van der Waals surface area contributed by atoms with E-state index in [0.29, 0.717) is 30.4 Å². The molecule has 1 aromatic heterocycles. The van der Waals surface area contributed by atoms with E-state index in [9.17, 15) is 4.79 Å². The van der Waals surface area contributed by atoms with Crippen LogP contribution in [0.3, 0.4) is 0 Å². The van der Waals surface area contributed by atoms with Gasteiger partial charge in [0, 0.05) is 12.7 Å². The standard InChI is InChI=1S/C18H21N3O4/c1-4-23-17(22)13-9-20-18(21-16(13)11(2)3)19-8-12-5-6-14-15(7-12)25-10-24-14/h5-7,9,11H,4,8,10H2,1-3H3,(H,19,20,21). The van der Waals surface area contributed by atoms with E-state index < -0.39 is 5.97 Å². The fourth-order valence-corrected chi connectivity index (χ4v) is 2.52. The Balaban J connectivity index is 1.74. The molecule has 0 spiro atoms. The van der Waals surface area contributed by atoms with E-state index in [1.165, 1.54) is 6.20 Å². The highest BCUT2D eigenvalue weighted by Crippen LogP contribution is 2.32. The maximum atomic E-state index is 12.0. The second kappa shape index (κ2) is 7.38. The van der Waals surface area contributed by atoms with E-state index in [-0.39, 0.29) is 12.7 Å². The van der Waals surface area contributed by atoms with Gasteiger partial charge in [0.2, 0.25) is 12.7 Å². The van der Waals surface area contributed by atoms with Crippen molar-refractivity contribution in [2.24, 2.45) is 0 Å². The molecule has 0 aliphatic carbocycles. The van der Waals surface area contributed by atoms with Crippen LogP contribution in [0.15, 0.2) is 24.4 Å². The molecule has 1 aliphatic rings. The van der Waals surface area contributed by atoms with Gasteiger partial charge < -0.3 is 19.5 Å². The largest absolute Gasteiger partial charge is 0.462 e. The van der Waals surface area contributed by atoms with Crippen LogP contribution in [0.4, 0.5) is 5.95 Å². The van der Waals surface area contributed by atoms with Crippen LogP contribution < -0.4 is 14.8 Å². The van der Waals surface area contributed by atoms with Crippen molar-refractivity contribution >= 4 is 11.9 Å². The van der Waals surface area contributed by atoms with Crippen molar-refractivity contribution in [1.29, 1.82) is 0 Å². The average molecular weight is 343 g/mol. The molecule has 1 aromatic carbocycles. The number of carbonyl (C=O) groups is 1. The van der Waals surface area contributed by atoms with Crippen LogP contribution in [-0.2, 0) is 11.3 Å². The summed E-state index contributed by atoms with van der Waals surface area (Å²) in [6, 6.07) is 5.76. The Morgan fingerprint density at radius 3 is 2.88 bits per heavy atom. The summed E-state index contributed by atoms with van der Waals surface area (Å²) < 4.78 is 15.7. The van der Waals surface area contributed by atoms with Crippen molar-refractivity contribution in [2.45, 2.75) is 33.2 Å². The van der Waals surface area contributed by atoms with Gasteiger partial charge in [-0.3, -0.25) is 0 Å². The fraction of sp³-hybridized carbons (Fsp3) is 0.389. The first kappa shape index (κ1) is 17.0. The number of benzene rings is 1. The number of hydrogen-bond acceptors (Lipinski definition) is 7. The highest BCUT2D eigenvalue weighted by molar-refractivity contribution is 5.90. The molecule has 1 N–H and O–H groups in total. The zero-order chi connectivity index (χ0) is 17.8. The molecule has 0 bridgehead atoms. The monoisotopic (exact) mass is 343 g/mol. The zero-order valence-corrected chi connectivity index (χ0v) is 14.5. The average Bonchev–Trinajstić information content (AvgIpc) is 3.07. The molecule has 7 heteroatoms. The summed E-state index contributed by atoms with van der Waals surface area (Å²) >= 11 is 0. The third-order valence-electron chi connectivity index (χ3n) is 3.75. The molecule has 0 saturated carbocycles. The van der Waals surface area contributed by atoms with Crippen LogP contribution in [0, 0.1) is 0 Å². The lowest BCUT2D eigenvalue weighted by Gasteiger charge is -2.13. The predicted octanol–water partition coefficient (Wildman–Crippen LogP) is 3.12. The van der Waals surface area contributed by atoms with Gasteiger partial charge in [0.1, 0.15) is 0 Å². The highest BCUT2D eigenvalue weighted by Gasteiger charge is 2.18. The quantitative estimate of drug-likeness (QED) is 0.807. The lowest BCUT2D eigenvalue weighted by Crippen LogP contribution is -2.14. The summed E-state index contributed by atoms with van der Waals surface area (Å²) in [5.74, 6) is 1.64. The molecule has 2 heterocycles. The van der Waals surface area contributed by atoms with Crippen LogP contribution in [0.25, 0.3) is 0 Å². The van der Waals surface area contributed by atoms with Crippen molar-refractivity contribution < 1.29 is 19.0 Å². The minimum atomic E-state index is -0.395. The van der Waals surface area contributed by atoms with Crippen LogP contribution in [-0.4, -0.2) is 29.3 Å². The van der Waals surface area contributed by atoms with E-state index in [4.69, 9.17) is 14.2 Å². The van der Waals surface area contributed by atoms with E-state index in [2.05, 4.69) is 15.3 Å². The van der Waals surface area contributed by atoms with Gasteiger partial charge in [0.15, 0.2) is 11.5 Å². The van der Waals surface area contributed by atoms with Crippen molar-refractivity contribution in [2.75, 3.05) is 18.7 Å².